The summed E-state index contributed by atoms with van der Waals surface area (Å²) in [5.74, 6) is -0.833. The van der Waals surface area contributed by atoms with Gasteiger partial charge in [-0.15, -0.1) is 0 Å². The average molecular weight is 225 g/mol. The molecule has 0 aromatic heterocycles. The average Bonchev–Trinajstić information content (AvgIpc) is 1.94. The molecule has 0 radical (unpaired) electrons. The fourth-order valence-corrected chi connectivity index (χ4v) is 0.711. The van der Waals surface area contributed by atoms with Gasteiger partial charge in [0, 0.05) is 6.92 Å². The molecule has 13 heavy (non-hydrogen) atoms. The molecule has 74 valence electrons. The number of hydrogen-bond acceptors (Lipinski definition) is 1. The third kappa shape index (κ3) is 9.14. The van der Waals surface area contributed by atoms with Gasteiger partial charge in [0.15, 0.2) is 0 Å². The van der Waals surface area contributed by atoms with Crippen LogP contribution >= 0.6 is 23.2 Å². The second kappa shape index (κ2) is 7.86. The third-order valence-corrected chi connectivity index (χ3v) is 1.58. The van der Waals surface area contributed by atoms with E-state index in [1.54, 1.807) is 12.1 Å². The van der Waals surface area contributed by atoms with E-state index in [4.69, 9.17) is 33.1 Å². The lowest BCUT2D eigenvalue weighted by atomic mass is 10.4. The van der Waals surface area contributed by atoms with Crippen LogP contribution in [0.4, 0.5) is 0 Å². The van der Waals surface area contributed by atoms with Crippen molar-refractivity contribution >= 4 is 29.2 Å². The van der Waals surface area contributed by atoms with Crippen LogP contribution in [0.5, 0.6) is 0 Å². The number of carboxylic acids is 1. The molecule has 0 spiro atoms. The monoisotopic (exact) mass is 224 g/mol. The smallest absolute Gasteiger partial charge is 0.300 e. The summed E-state index contributed by atoms with van der Waals surface area (Å²) in [4.78, 5) is 9.00. The van der Waals surface area contributed by atoms with Crippen molar-refractivity contribution in [2.24, 2.45) is 0 Å². The molecule has 0 aliphatic rings. The molecule has 0 aliphatic carbocycles. The van der Waals surface area contributed by atoms with Gasteiger partial charge in [-0.25, -0.2) is 0 Å². The first-order chi connectivity index (χ1) is 5.54. The van der Waals surface area contributed by atoms with E-state index in [0.717, 1.165) is 6.92 Å². The normalized spacial score (nSPS) is 7.62. The standard InChI is InChI=1S/C6H4Cl2.C2H4O2.H2O/c7-5-3-1-2-4-6(5)8;1-2(3)4;/h1-4H;1H3,(H,3,4);1H2. The highest BCUT2D eigenvalue weighted by molar-refractivity contribution is 6.41. The fraction of sp³-hybridized carbons (Fsp3) is 0.125. The highest BCUT2D eigenvalue weighted by atomic mass is 35.5. The highest BCUT2D eigenvalue weighted by Crippen LogP contribution is 2.19. The van der Waals surface area contributed by atoms with Crippen LogP contribution in [-0.2, 0) is 4.79 Å². The van der Waals surface area contributed by atoms with Gasteiger partial charge in [-0.1, -0.05) is 35.3 Å². The maximum absolute atomic E-state index is 9.00. The first-order valence-corrected chi connectivity index (χ1v) is 3.89. The topological polar surface area (TPSA) is 68.8 Å². The summed E-state index contributed by atoms with van der Waals surface area (Å²) in [5, 5.41) is 8.63. The summed E-state index contributed by atoms with van der Waals surface area (Å²) in [6.45, 7) is 1.08. The van der Waals surface area contributed by atoms with Crippen LogP contribution in [0.2, 0.25) is 10.0 Å². The molecule has 0 saturated heterocycles. The maximum Gasteiger partial charge on any atom is 0.300 e. The van der Waals surface area contributed by atoms with Gasteiger partial charge in [0.1, 0.15) is 0 Å². The van der Waals surface area contributed by atoms with Crippen molar-refractivity contribution in [2.45, 2.75) is 6.92 Å². The molecule has 1 aromatic rings. The Morgan fingerprint density at radius 3 is 1.62 bits per heavy atom. The zero-order valence-corrected chi connectivity index (χ0v) is 8.43. The number of aliphatic carboxylic acids is 1. The lowest BCUT2D eigenvalue weighted by molar-refractivity contribution is -0.134. The molecule has 3 nitrogen and oxygen atoms in total. The van der Waals surface area contributed by atoms with Crippen LogP contribution < -0.4 is 0 Å². The molecule has 0 unspecified atom stereocenters. The summed E-state index contributed by atoms with van der Waals surface area (Å²) < 4.78 is 0. The van der Waals surface area contributed by atoms with Crippen molar-refractivity contribution in [1.82, 2.24) is 0 Å². The summed E-state index contributed by atoms with van der Waals surface area (Å²) in [5.41, 5.74) is 0. The minimum atomic E-state index is -0.833. The van der Waals surface area contributed by atoms with Crippen molar-refractivity contribution in [2.75, 3.05) is 0 Å². The zero-order chi connectivity index (χ0) is 9.56. The Hall–Kier alpha value is -0.770. The van der Waals surface area contributed by atoms with E-state index in [0.29, 0.717) is 10.0 Å². The SMILES string of the molecule is CC(=O)O.Clc1ccccc1Cl.O. The Morgan fingerprint density at radius 1 is 1.23 bits per heavy atom. The van der Waals surface area contributed by atoms with Gasteiger partial charge in [-0.3, -0.25) is 4.79 Å². The van der Waals surface area contributed by atoms with E-state index in [-0.39, 0.29) is 5.48 Å². The molecule has 3 N–H and O–H groups in total. The lowest BCUT2D eigenvalue weighted by Crippen LogP contribution is -1.78. The first kappa shape index (κ1) is 14.7. The van der Waals surface area contributed by atoms with E-state index in [1.165, 1.54) is 0 Å². The molecule has 0 atom stereocenters. The lowest BCUT2D eigenvalue weighted by Gasteiger charge is -1.88. The molecule has 5 heteroatoms. The van der Waals surface area contributed by atoms with Gasteiger partial charge in [0.25, 0.3) is 5.97 Å². The zero-order valence-electron chi connectivity index (χ0n) is 6.92. The van der Waals surface area contributed by atoms with E-state index in [9.17, 15) is 0 Å². The number of halogens is 2. The Bertz CT molecular complexity index is 238. The van der Waals surface area contributed by atoms with Crippen LogP contribution in [0.3, 0.4) is 0 Å². The van der Waals surface area contributed by atoms with E-state index in [2.05, 4.69) is 0 Å². The molecular weight excluding hydrogens is 215 g/mol. The number of carboxylic acid groups (broad SMARTS) is 1. The van der Waals surface area contributed by atoms with E-state index >= 15 is 0 Å². The van der Waals surface area contributed by atoms with Crippen molar-refractivity contribution < 1.29 is 15.4 Å². The van der Waals surface area contributed by atoms with Gasteiger partial charge >= 0.3 is 0 Å². The van der Waals surface area contributed by atoms with Gasteiger partial charge in [0.05, 0.1) is 10.0 Å². The molecule has 0 aliphatic heterocycles. The predicted molar refractivity (Wildman–Crippen MR) is 53.4 cm³/mol. The Morgan fingerprint density at radius 2 is 1.46 bits per heavy atom. The third-order valence-electron chi connectivity index (χ3n) is 0.824. The van der Waals surface area contributed by atoms with Gasteiger partial charge in [-0.05, 0) is 12.1 Å². The highest BCUT2D eigenvalue weighted by Gasteiger charge is 1.89. The Kier molecular flexibility index (Phi) is 8.91. The maximum atomic E-state index is 9.00. The number of carbonyl (C=O) groups is 1. The van der Waals surface area contributed by atoms with Crippen molar-refractivity contribution in [3.05, 3.63) is 34.3 Å². The summed E-state index contributed by atoms with van der Waals surface area (Å²) in [6, 6.07) is 7.19. The molecule has 0 bridgehead atoms. The predicted octanol–water partition coefficient (Wildman–Crippen LogP) is 2.26. The van der Waals surface area contributed by atoms with Gasteiger partial charge in [-0.2, -0.15) is 0 Å². The number of rotatable bonds is 0. The van der Waals surface area contributed by atoms with E-state index in [1.807, 2.05) is 12.1 Å². The number of hydrogen-bond donors (Lipinski definition) is 1. The minimum absolute atomic E-state index is 0. The molecule has 1 aromatic carbocycles. The summed E-state index contributed by atoms with van der Waals surface area (Å²) >= 11 is 11.2. The Balaban J connectivity index is 0. The number of benzene rings is 1. The van der Waals surface area contributed by atoms with Crippen LogP contribution in [0.15, 0.2) is 24.3 Å². The molecular formula is C8H10Cl2O3. The van der Waals surface area contributed by atoms with Crippen molar-refractivity contribution in [3.8, 4) is 0 Å². The first-order valence-electron chi connectivity index (χ1n) is 3.13. The second-order valence-electron chi connectivity index (χ2n) is 1.93. The molecule has 0 saturated carbocycles. The quantitative estimate of drug-likeness (QED) is 0.735. The Labute approximate surface area is 86.2 Å². The molecule has 0 fully saturated rings. The largest absolute Gasteiger partial charge is 0.481 e. The summed E-state index contributed by atoms with van der Waals surface area (Å²) in [6.07, 6.45) is 0. The van der Waals surface area contributed by atoms with Gasteiger partial charge < -0.3 is 10.6 Å². The van der Waals surface area contributed by atoms with Crippen LogP contribution in [0, 0.1) is 0 Å². The van der Waals surface area contributed by atoms with Crippen molar-refractivity contribution in [3.63, 3.8) is 0 Å². The molecule has 0 heterocycles. The second-order valence-corrected chi connectivity index (χ2v) is 2.75. The van der Waals surface area contributed by atoms with Crippen molar-refractivity contribution in [1.29, 1.82) is 0 Å². The summed E-state index contributed by atoms with van der Waals surface area (Å²) in [7, 11) is 0. The fourth-order valence-electron chi connectivity index (χ4n) is 0.439. The van der Waals surface area contributed by atoms with Crippen LogP contribution in [0.25, 0.3) is 0 Å². The van der Waals surface area contributed by atoms with Crippen LogP contribution in [-0.4, -0.2) is 16.6 Å². The molecule has 1 rings (SSSR count). The van der Waals surface area contributed by atoms with E-state index < -0.39 is 5.97 Å². The van der Waals surface area contributed by atoms with Gasteiger partial charge in [0.2, 0.25) is 0 Å². The minimum Gasteiger partial charge on any atom is -0.481 e. The van der Waals surface area contributed by atoms with Crippen LogP contribution in [0.1, 0.15) is 6.92 Å². The molecule has 0 amide bonds.